The zero-order chi connectivity index (χ0) is 17.4. The lowest BCUT2D eigenvalue weighted by Gasteiger charge is -2.05. The van der Waals surface area contributed by atoms with Gasteiger partial charge in [-0.2, -0.15) is 0 Å². The summed E-state index contributed by atoms with van der Waals surface area (Å²) in [5.41, 5.74) is 2.59. The molecule has 0 aliphatic carbocycles. The Morgan fingerprint density at radius 2 is 1.88 bits per heavy atom. The van der Waals surface area contributed by atoms with Crippen molar-refractivity contribution in [2.75, 3.05) is 0 Å². The Balaban J connectivity index is 1.86. The van der Waals surface area contributed by atoms with Crippen molar-refractivity contribution in [2.24, 2.45) is 7.05 Å². The maximum atomic E-state index is 11.6. The van der Waals surface area contributed by atoms with Gasteiger partial charge in [0.1, 0.15) is 0 Å². The van der Waals surface area contributed by atoms with Crippen molar-refractivity contribution in [1.82, 2.24) is 14.1 Å². The Hall–Kier alpha value is -3.41. The molecule has 0 N–H and O–H groups in total. The van der Waals surface area contributed by atoms with Gasteiger partial charge in [0.05, 0.1) is 35.2 Å². The second kappa shape index (κ2) is 5.90. The third kappa shape index (κ3) is 2.67. The van der Waals surface area contributed by atoms with Crippen LogP contribution in [0.5, 0.6) is 0 Å². The summed E-state index contributed by atoms with van der Waals surface area (Å²) in [4.78, 5) is 15.4. The molecule has 0 radical (unpaired) electrons. The van der Waals surface area contributed by atoms with E-state index in [4.69, 9.17) is 0 Å². The van der Waals surface area contributed by atoms with Crippen molar-refractivity contribution >= 4 is 16.5 Å². The second-order valence-electron chi connectivity index (χ2n) is 6.01. The lowest BCUT2D eigenvalue weighted by molar-refractivity contribution is -0.384. The van der Waals surface area contributed by atoms with Gasteiger partial charge in [-0.15, -0.1) is 0 Å². The fraction of sp³-hybridized carbons (Fsp3) is 0.105. The Kier molecular flexibility index (Phi) is 3.57. The summed E-state index contributed by atoms with van der Waals surface area (Å²) in [6.45, 7) is 0.530. The van der Waals surface area contributed by atoms with Gasteiger partial charge in [-0.05, 0) is 16.3 Å². The first-order valence-electron chi connectivity index (χ1n) is 7.91. The molecule has 0 unspecified atom stereocenters. The van der Waals surface area contributed by atoms with Crippen LogP contribution in [-0.4, -0.2) is 19.0 Å². The van der Waals surface area contributed by atoms with E-state index in [1.807, 2.05) is 64.8 Å². The second-order valence-corrected chi connectivity index (χ2v) is 6.01. The quantitative estimate of drug-likeness (QED) is 0.419. The van der Waals surface area contributed by atoms with Gasteiger partial charge < -0.3 is 9.13 Å². The zero-order valence-electron chi connectivity index (χ0n) is 13.7. The summed E-state index contributed by atoms with van der Waals surface area (Å²) in [7, 11) is 1.91. The summed E-state index contributed by atoms with van der Waals surface area (Å²) < 4.78 is 3.75. The van der Waals surface area contributed by atoms with Gasteiger partial charge in [-0.1, -0.05) is 42.5 Å². The molecular weight excluding hydrogens is 316 g/mol. The molecule has 0 amide bonds. The molecule has 0 spiro atoms. The molecule has 0 fully saturated rings. The molecule has 0 saturated heterocycles. The number of nitrogens with zero attached hydrogens (tertiary/aromatic N) is 4. The van der Waals surface area contributed by atoms with Crippen molar-refractivity contribution in [1.29, 1.82) is 0 Å². The first-order chi connectivity index (χ1) is 12.1. The van der Waals surface area contributed by atoms with E-state index in [-0.39, 0.29) is 10.6 Å². The van der Waals surface area contributed by atoms with Crippen molar-refractivity contribution in [3.05, 3.63) is 83.2 Å². The number of hydrogen-bond acceptors (Lipinski definition) is 3. The minimum Gasteiger partial charge on any atom is -0.341 e. The number of fused-ring (bicyclic) bond motifs is 1. The number of nitro groups is 1. The minimum atomic E-state index is -0.323. The van der Waals surface area contributed by atoms with Crippen LogP contribution in [0.4, 0.5) is 5.69 Å². The smallest absolute Gasteiger partial charge is 0.294 e. The number of benzene rings is 2. The van der Waals surface area contributed by atoms with Crippen LogP contribution < -0.4 is 0 Å². The van der Waals surface area contributed by atoms with E-state index < -0.39 is 0 Å². The number of hydrogen-bond donors (Lipinski definition) is 0. The molecule has 4 rings (SSSR count). The standard InChI is InChI=1S/C19H16N4O2/c1-21-13-20-9-15(21)10-22-11-18(19(12-22)23(24)25)17-8-4-6-14-5-2-3-7-16(14)17/h2-9,11-13H,10H2,1H3. The average molecular weight is 332 g/mol. The molecule has 0 aliphatic rings. The molecular formula is C19H16N4O2. The van der Waals surface area contributed by atoms with Crippen LogP contribution in [0.1, 0.15) is 5.69 Å². The Bertz CT molecular complexity index is 1070. The maximum absolute atomic E-state index is 11.6. The Labute approximate surface area is 144 Å². The van der Waals surface area contributed by atoms with Crippen molar-refractivity contribution < 1.29 is 4.92 Å². The van der Waals surface area contributed by atoms with E-state index in [1.54, 1.807) is 18.7 Å². The highest BCUT2D eigenvalue weighted by Crippen LogP contribution is 2.35. The highest BCUT2D eigenvalue weighted by atomic mass is 16.6. The van der Waals surface area contributed by atoms with E-state index in [0.717, 1.165) is 22.0 Å². The molecule has 2 aromatic heterocycles. The normalized spacial score (nSPS) is 11.1. The van der Waals surface area contributed by atoms with Crippen LogP contribution in [0.3, 0.4) is 0 Å². The van der Waals surface area contributed by atoms with Crippen LogP contribution in [0.25, 0.3) is 21.9 Å². The third-order valence-electron chi connectivity index (χ3n) is 4.40. The summed E-state index contributed by atoms with van der Waals surface area (Å²) in [6, 6.07) is 13.8. The fourth-order valence-electron chi connectivity index (χ4n) is 3.12. The monoisotopic (exact) mass is 332 g/mol. The summed E-state index contributed by atoms with van der Waals surface area (Å²) >= 11 is 0. The predicted molar refractivity (Wildman–Crippen MR) is 96.3 cm³/mol. The molecule has 4 aromatic rings. The molecule has 6 heteroatoms. The lowest BCUT2D eigenvalue weighted by Crippen LogP contribution is -2.01. The molecule has 124 valence electrons. The van der Waals surface area contributed by atoms with Gasteiger partial charge in [0.15, 0.2) is 0 Å². The van der Waals surface area contributed by atoms with Crippen LogP contribution in [-0.2, 0) is 13.6 Å². The van der Waals surface area contributed by atoms with Crippen molar-refractivity contribution in [2.45, 2.75) is 6.54 Å². The summed E-state index contributed by atoms with van der Waals surface area (Å²) in [5.74, 6) is 0. The molecule has 2 aromatic carbocycles. The van der Waals surface area contributed by atoms with Crippen LogP contribution >= 0.6 is 0 Å². The van der Waals surface area contributed by atoms with Gasteiger partial charge in [-0.25, -0.2) is 4.98 Å². The van der Waals surface area contributed by atoms with E-state index >= 15 is 0 Å². The van der Waals surface area contributed by atoms with Crippen molar-refractivity contribution in [3.8, 4) is 11.1 Å². The summed E-state index contributed by atoms with van der Waals surface area (Å²) in [5, 5.41) is 13.7. The first-order valence-corrected chi connectivity index (χ1v) is 7.91. The summed E-state index contributed by atoms with van der Waals surface area (Å²) in [6.07, 6.45) is 6.92. The van der Waals surface area contributed by atoms with Gasteiger partial charge in [0.25, 0.3) is 5.69 Å². The third-order valence-corrected chi connectivity index (χ3v) is 4.40. The predicted octanol–water partition coefficient (Wildman–Crippen LogP) is 4.00. The molecule has 0 saturated carbocycles. The SMILES string of the molecule is Cn1cncc1Cn1cc(-c2cccc3ccccc23)c([N+](=O)[O-])c1. The molecule has 25 heavy (non-hydrogen) atoms. The Morgan fingerprint density at radius 3 is 2.64 bits per heavy atom. The van der Waals surface area contributed by atoms with Crippen LogP contribution in [0, 0.1) is 10.1 Å². The van der Waals surface area contributed by atoms with Gasteiger partial charge in [0.2, 0.25) is 0 Å². The zero-order valence-corrected chi connectivity index (χ0v) is 13.7. The molecule has 0 bridgehead atoms. The maximum Gasteiger partial charge on any atom is 0.294 e. The van der Waals surface area contributed by atoms with E-state index in [1.165, 1.54) is 0 Å². The molecule has 2 heterocycles. The first kappa shape index (κ1) is 15.1. The number of aromatic nitrogens is 3. The van der Waals surface area contributed by atoms with Crippen LogP contribution in [0.2, 0.25) is 0 Å². The topological polar surface area (TPSA) is 65.9 Å². The van der Waals surface area contributed by atoms with E-state index in [9.17, 15) is 10.1 Å². The number of imidazole rings is 1. The van der Waals surface area contributed by atoms with E-state index in [0.29, 0.717) is 12.1 Å². The lowest BCUT2D eigenvalue weighted by atomic mass is 9.99. The van der Waals surface area contributed by atoms with Gasteiger partial charge in [-0.3, -0.25) is 10.1 Å². The number of aryl methyl sites for hydroxylation is 1. The molecule has 6 nitrogen and oxygen atoms in total. The molecule has 0 aliphatic heterocycles. The van der Waals surface area contributed by atoms with E-state index in [2.05, 4.69) is 4.98 Å². The van der Waals surface area contributed by atoms with Gasteiger partial charge in [0, 0.05) is 19.4 Å². The highest BCUT2D eigenvalue weighted by molar-refractivity contribution is 5.98. The van der Waals surface area contributed by atoms with Crippen molar-refractivity contribution in [3.63, 3.8) is 0 Å². The van der Waals surface area contributed by atoms with Gasteiger partial charge >= 0.3 is 0 Å². The fourth-order valence-corrected chi connectivity index (χ4v) is 3.12. The Morgan fingerprint density at radius 1 is 1.08 bits per heavy atom. The largest absolute Gasteiger partial charge is 0.341 e. The highest BCUT2D eigenvalue weighted by Gasteiger charge is 2.20. The average Bonchev–Trinajstić information content (AvgIpc) is 3.21. The van der Waals surface area contributed by atoms with Crippen LogP contribution in [0.15, 0.2) is 67.4 Å². The number of rotatable bonds is 4. The molecule has 0 atom stereocenters. The minimum absolute atomic E-state index is 0.110.